The zero-order chi connectivity index (χ0) is 35.0. The average molecular weight is 736 g/mol. The van der Waals surface area contributed by atoms with Crippen LogP contribution in [0.3, 0.4) is 0 Å². The van der Waals surface area contributed by atoms with Crippen molar-refractivity contribution in [3.05, 3.63) is 157 Å². The number of benzene rings is 5. The van der Waals surface area contributed by atoms with Gasteiger partial charge < -0.3 is 15.4 Å². The third-order valence-electron chi connectivity index (χ3n) is 7.81. The average Bonchev–Trinajstić information content (AvgIpc) is 3.19. The molecule has 0 bridgehead atoms. The summed E-state index contributed by atoms with van der Waals surface area (Å²) in [7, 11) is -0.351. The number of nitrogens with zero attached hydrogens (tertiary/aromatic N) is 2. The van der Waals surface area contributed by atoms with Crippen molar-refractivity contribution in [2.45, 2.75) is 4.90 Å². The molecule has 50 heavy (non-hydrogen) atoms. The Kier molecular flexibility index (Phi) is 14.1. The van der Waals surface area contributed by atoms with Crippen LogP contribution in [0.15, 0.2) is 161 Å². The van der Waals surface area contributed by atoms with Gasteiger partial charge in [0.2, 0.25) is 0 Å². The summed E-state index contributed by atoms with van der Waals surface area (Å²) in [5, 5.41) is 20.2. The van der Waals surface area contributed by atoms with Gasteiger partial charge in [0.25, 0.3) is 0 Å². The molecule has 0 saturated heterocycles. The molecule has 0 fully saturated rings. The molecular formula is C39H40N6OPS3+. The molecule has 7 nitrogen and oxygen atoms in total. The molecule has 254 valence electrons. The second-order valence-corrected chi connectivity index (χ2v) is 16.1. The fraction of sp³-hybridized carbons (Fsp3) is 0.128. The van der Waals surface area contributed by atoms with Crippen LogP contribution in [0, 0.1) is 0 Å². The lowest BCUT2D eigenvalue weighted by molar-refractivity contribution is 0.185. The van der Waals surface area contributed by atoms with Crippen LogP contribution in [-0.4, -0.2) is 54.5 Å². The highest BCUT2D eigenvalue weighted by Gasteiger charge is 2.45. The Bertz CT molecular complexity index is 1780. The largest absolute Gasteiger partial charge is 0.364 e. The Labute approximate surface area is 310 Å². The van der Waals surface area contributed by atoms with E-state index in [4.69, 9.17) is 34.3 Å². The molecule has 0 aromatic heterocycles. The van der Waals surface area contributed by atoms with E-state index in [0.29, 0.717) is 41.1 Å². The molecule has 5 aromatic rings. The first-order valence-electron chi connectivity index (χ1n) is 16.0. The maximum atomic E-state index is 6.50. The highest BCUT2D eigenvalue weighted by atomic mass is 32.2. The van der Waals surface area contributed by atoms with E-state index >= 15 is 0 Å². The number of hydrogen-bond acceptors (Lipinski definition) is 6. The zero-order valence-corrected chi connectivity index (χ0v) is 31.3. The molecule has 0 heterocycles. The fourth-order valence-electron chi connectivity index (χ4n) is 5.32. The van der Waals surface area contributed by atoms with Gasteiger partial charge in [0.1, 0.15) is 34.6 Å². The first-order valence-corrected chi connectivity index (χ1v) is 20.1. The number of thiocarbonyl (C=S) groups is 2. The number of rotatable bonds is 14. The minimum Gasteiger partial charge on any atom is -0.364 e. The van der Waals surface area contributed by atoms with Crippen LogP contribution in [0.25, 0.3) is 0 Å². The monoisotopic (exact) mass is 735 g/mol. The van der Waals surface area contributed by atoms with Gasteiger partial charge in [-0.3, -0.25) is 10.9 Å². The fourth-order valence-corrected chi connectivity index (χ4v) is 9.71. The molecule has 11 heteroatoms. The van der Waals surface area contributed by atoms with Gasteiger partial charge in [-0.25, -0.2) is 0 Å². The van der Waals surface area contributed by atoms with Gasteiger partial charge in [-0.2, -0.15) is 10.2 Å². The normalized spacial score (nSPS) is 11.8. The van der Waals surface area contributed by atoms with E-state index in [2.05, 4.69) is 130 Å². The molecule has 0 atom stereocenters. The lowest BCUT2D eigenvalue weighted by Gasteiger charge is -2.27. The van der Waals surface area contributed by atoms with Crippen molar-refractivity contribution in [3.8, 4) is 0 Å². The Morgan fingerprint density at radius 1 is 0.620 bits per heavy atom. The van der Waals surface area contributed by atoms with Crippen LogP contribution in [0.4, 0.5) is 0 Å². The molecule has 0 amide bonds. The van der Waals surface area contributed by atoms with Gasteiger partial charge in [0.05, 0.1) is 6.61 Å². The minimum absolute atomic E-state index is 0.369. The Hall–Kier alpha value is -4.44. The number of nitrogens with one attached hydrogen (secondary N) is 4. The van der Waals surface area contributed by atoms with Crippen LogP contribution in [0.5, 0.6) is 0 Å². The van der Waals surface area contributed by atoms with Crippen LogP contribution in [0.2, 0.25) is 0 Å². The van der Waals surface area contributed by atoms with Crippen molar-refractivity contribution in [1.29, 1.82) is 0 Å². The Morgan fingerprint density at radius 2 is 1.06 bits per heavy atom. The van der Waals surface area contributed by atoms with Crippen molar-refractivity contribution in [1.82, 2.24) is 21.5 Å². The summed E-state index contributed by atoms with van der Waals surface area (Å²) in [6.07, 6.45) is 2.60. The highest BCUT2D eigenvalue weighted by molar-refractivity contribution is 7.98. The van der Waals surface area contributed by atoms with Gasteiger partial charge in [0, 0.05) is 29.6 Å². The highest BCUT2D eigenvalue weighted by Crippen LogP contribution is 2.55. The van der Waals surface area contributed by atoms with Gasteiger partial charge >= 0.3 is 0 Å². The van der Waals surface area contributed by atoms with E-state index in [1.807, 2.05) is 48.7 Å². The quantitative estimate of drug-likeness (QED) is 0.0275. The minimum atomic E-state index is -2.09. The summed E-state index contributed by atoms with van der Waals surface area (Å²) in [6.45, 7) is 0.945. The molecule has 0 spiro atoms. The smallest absolute Gasteiger partial charge is 0.187 e. The number of thioether (sulfide) groups is 1. The summed E-state index contributed by atoms with van der Waals surface area (Å²) >= 11 is 12.7. The maximum absolute atomic E-state index is 6.50. The third kappa shape index (κ3) is 9.62. The first kappa shape index (κ1) is 36.8. The van der Waals surface area contributed by atoms with E-state index in [1.54, 1.807) is 18.8 Å². The van der Waals surface area contributed by atoms with Crippen LogP contribution < -0.4 is 37.4 Å². The zero-order valence-electron chi connectivity index (χ0n) is 28.0. The third-order valence-corrected chi connectivity index (χ3v) is 13.2. The molecule has 0 aliphatic rings. The van der Waals surface area contributed by atoms with Crippen LogP contribution in [0.1, 0.15) is 11.1 Å². The molecule has 0 radical (unpaired) electrons. The van der Waals surface area contributed by atoms with Gasteiger partial charge in [-0.1, -0.05) is 97.1 Å². The standard InChI is InChI=1S/C39H39N6OPS3/c1-40-38(48)44-42-37(31-23-25-35(50-2)26-24-31)36(30-15-7-3-8-16-30)43-45-39(49)41-27-28-46-29-47(32-17-9-4-10-18-32,33-19-11-5-12-20-33)34-21-13-6-14-22-34/h3-26H,27-29H2,1-2H3,(H3-,40,41,42,43,44,45,48,49)/p+1. The van der Waals surface area contributed by atoms with Gasteiger partial charge in [0.15, 0.2) is 16.6 Å². The summed E-state index contributed by atoms with van der Waals surface area (Å²) in [5.41, 5.74) is 8.89. The van der Waals surface area contributed by atoms with Crippen LogP contribution >= 0.6 is 43.5 Å². The molecule has 0 saturated carbocycles. The van der Waals surface area contributed by atoms with Gasteiger partial charge in [-0.05, 0) is 79.2 Å². The molecule has 0 aliphatic heterocycles. The van der Waals surface area contributed by atoms with Crippen molar-refractivity contribution < 1.29 is 4.74 Å². The lowest BCUT2D eigenvalue weighted by Crippen LogP contribution is -2.37. The SMILES string of the molecule is CNC(=S)N/N=C(/C(=N/NC(=S)NCCOC[P+](c1ccccc1)(c1ccccc1)c1ccccc1)c1ccccc1)c1ccc(SC)cc1. The van der Waals surface area contributed by atoms with Crippen molar-refractivity contribution in [2.24, 2.45) is 10.2 Å². The van der Waals surface area contributed by atoms with E-state index in [-0.39, 0.29) is 0 Å². The van der Waals surface area contributed by atoms with E-state index in [9.17, 15) is 0 Å². The summed E-state index contributed by atoms with van der Waals surface area (Å²) < 4.78 is 6.50. The predicted octanol–water partition coefficient (Wildman–Crippen LogP) is 6.04. The predicted molar refractivity (Wildman–Crippen MR) is 222 cm³/mol. The van der Waals surface area contributed by atoms with E-state index in [1.165, 1.54) is 15.9 Å². The van der Waals surface area contributed by atoms with Crippen molar-refractivity contribution >= 4 is 81.0 Å². The van der Waals surface area contributed by atoms with Crippen LogP contribution in [-0.2, 0) is 4.74 Å². The van der Waals surface area contributed by atoms with E-state index in [0.717, 1.165) is 16.0 Å². The first-order chi connectivity index (χ1) is 24.5. The summed E-state index contributed by atoms with van der Waals surface area (Å²) in [6, 6.07) is 50.1. The van der Waals surface area contributed by atoms with Crippen molar-refractivity contribution in [2.75, 3.05) is 32.8 Å². The Morgan fingerprint density at radius 3 is 1.52 bits per heavy atom. The number of hydrazone groups is 2. The molecular weight excluding hydrogens is 696 g/mol. The van der Waals surface area contributed by atoms with E-state index < -0.39 is 7.26 Å². The number of ether oxygens (including phenoxy) is 1. The van der Waals surface area contributed by atoms with Gasteiger partial charge in [-0.15, -0.1) is 11.8 Å². The second-order valence-electron chi connectivity index (χ2n) is 10.9. The molecule has 0 aliphatic carbocycles. The summed E-state index contributed by atoms with van der Waals surface area (Å²) in [5.74, 6) is 0. The summed E-state index contributed by atoms with van der Waals surface area (Å²) in [4.78, 5) is 1.14. The second kappa shape index (κ2) is 19.1. The molecule has 4 N–H and O–H groups in total. The molecule has 5 rings (SSSR count). The Balaban J connectivity index is 1.32. The molecule has 0 unspecified atom stereocenters. The lowest BCUT2D eigenvalue weighted by atomic mass is 10.00. The van der Waals surface area contributed by atoms with Crippen molar-refractivity contribution in [3.63, 3.8) is 0 Å². The maximum Gasteiger partial charge on any atom is 0.187 e. The molecule has 5 aromatic carbocycles. The topological polar surface area (TPSA) is 82.1 Å². The number of hydrogen-bond donors (Lipinski definition) is 4.